The van der Waals surface area contributed by atoms with Crippen LogP contribution in [0.1, 0.15) is 17.4 Å². The fourth-order valence-electron chi connectivity index (χ4n) is 3.07. The number of carbonyl (C=O) groups is 1. The summed E-state index contributed by atoms with van der Waals surface area (Å²) in [5.74, 6) is -1.57. The Hall–Kier alpha value is -2.10. The summed E-state index contributed by atoms with van der Waals surface area (Å²) in [7, 11) is 0. The third-order valence-electron chi connectivity index (χ3n) is 4.47. The highest BCUT2D eigenvalue weighted by atomic mass is 32.1. The summed E-state index contributed by atoms with van der Waals surface area (Å²) >= 11 is 1.20. The Morgan fingerprint density at radius 1 is 1.31 bits per heavy atom. The van der Waals surface area contributed by atoms with E-state index in [9.17, 15) is 13.6 Å². The Bertz CT molecular complexity index is 820. The van der Waals surface area contributed by atoms with E-state index in [1.807, 2.05) is 6.92 Å². The van der Waals surface area contributed by atoms with Crippen LogP contribution in [0.5, 0.6) is 0 Å². The van der Waals surface area contributed by atoms with E-state index in [1.54, 1.807) is 10.3 Å². The maximum atomic E-state index is 13.3. The van der Waals surface area contributed by atoms with Crippen LogP contribution in [0.3, 0.4) is 0 Å². The number of morpholine rings is 1. The number of carbonyl (C=O) groups excluding carboxylic acids is 1. The zero-order valence-corrected chi connectivity index (χ0v) is 14.8. The molecule has 1 N–H and O–H groups in total. The van der Waals surface area contributed by atoms with Gasteiger partial charge in [0.2, 0.25) is 0 Å². The average Bonchev–Trinajstić information content (AvgIpc) is 3.00. The molecule has 6 nitrogen and oxygen atoms in total. The lowest BCUT2D eigenvalue weighted by Crippen LogP contribution is -2.70. The molecule has 2 aliphatic rings. The second kappa shape index (κ2) is 6.57. The maximum absolute atomic E-state index is 13.3. The number of thiazole rings is 1. The van der Waals surface area contributed by atoms with E-state index in [2.05, 4.69) is 10.3 Å². The van der Waals surface area contributed by atoms with Crippen molar-refractivity contribution < 1.29 is 23.0 Å². The summed E-state index contributed by atoms with van der Waals surface area (Å²) in [5, 5.41) is 4.85. The molecule has 3 heterocycles. The molecule has 2 aromatic rings. The van der Waals surface area contributed by atoms with Gasteiger partial charge in [-0.15, -0.1) is 11.3 Å². The van der Waals surface area contributed by atoms with Crippen molar-refractivity contribution in [3.8, 4) is 0 Å². The number of aromatic nitrogens is 1. The Balaban J connectivity index is 1.52. The van der Waals surface area contributed by atoms with E-state index in [4.69, 9.17) is 9.47 Å². The van der Waals surface area contributed by atoms with Crippen LogP contribution in [-0.2, 0) is 9.47 Å². The van der Waals surface area contributed by atoms with E-state index >= 15 is 0 Å². The number of hydrogen-bond donors (Lipinski definition) is 1. The number of nitrogens with zero attached hydrogens (tertiary/aromatic N) is 2. The molecule has 0 aliphatic carbocycles. The standard InChI is InChI=1S/C17H17F2N3O3S/c1-10-5-22(17(9-25-10)7-24-8-17)15(23)14-6-26-16(21-14)20-13-3-11(18)2-12(19)4-13/h2-4,6,10H,5,7-9H2,1H3,(H,20,21). The van der Waals surface area contributed by atoms with Crippen LogP contribution in [0, 0.1) is 11.6 Å². The molecule has 1 atom stereocenters. The predicted molar refractivity (Wildman–Crippen MR) is 91.8 cm³/mol. The van der Waals surface area contributed by atoms with E-state index in [1.165, 1.54) is 11.3 Å². The van der Waals surface area contributed by atoms with Crippen molar-refractivity contribution >= 4 is 28.1 Å². The van der Waals surface area contributed by atoms with E-state index in [-0.39, 0.29) is 23.4 Å². The molecule has 2 fully saturated rings. The van der Waals surface area contributed by atoms with Crippen molar-refractivity contribution in [3.63, 3.8) is 0 Å². The smallest absolute Gasteiger partial charge is 0.274 e. The summed E-state index contributed by atoms with van der Waals surface area (Å²) in [6.07, 6.45) is -0.0586. The number of ether oxygens (including phenoxy) is 2. The van der Waals surface area contributed by atoms with Crippen molar-refractivity contribution in [2.75, 3.05) is 31.7 Å². The highest BCUT2D eigenvalue weighted by molar-refractivity contribution is 7.14. The van der Waals surface area contributed by atoms with E-state index in [0.717, 1.165) is 18.2 Å². The molecule has 9 heteroatoms. The Labute approximate surface area is 152 Å². The minimum atomic E-state index is -0.686. The normalized spacial score (nSPS) is 21.5. The molecule has 26 heavy (non-hydrogen) atoms. The molecule has 0 bridgehead atoms. The zero-order chi connectivity index (χ0) is 18.3. The van der Waals surface area contributed by atoms with Crippen molar-refractivity contribution in [1.29, 1.82) is 0 Å². The van der Waals surface area contributed by atoms with E-state index in [0.29, 0.717) is 31.5 Å². The van der Waals surface area contributed by atoms with Crippen molar-refractivity contribution in [2.24, 2.45) is 0 Å². The second-order valence-corrected chi connectivity index (χ2v) is 7.43. The SMILES string of the molecule is CC1CN(C(=O)c2csc(Nc3cc(F)cc(F)c3)n2)C2(COC2)CO1. The van der Waals surface area contributed by atoms with Crippen LogP contribution in [-0.4, -0.2) is 53.8 Å². The van der Waals surface area contributed by atoms with Gasteiger partial charge in [-0.05, 0) is 19.1 Å². The van der Waals surface area contributed by atoms with Crippen molar-refractivity contribution in [1.82, 2.24) is 9.88 Å². The van der Waals surface area contributed by atoms with Gasteiger partial charge in [-0.3, -0.25) is 4.79 Å². The molecule has 1 spiro atoms. The Morgan fingerprint density at radius 3 is 2.69 bits per heavy atom. The molecular formula is C17H17F2N3O3S. The van der Waals surface area contributed by atoms with Gasteiger partial charge in [0.1, 0.15) is 22.9 Å². The molecule has 2 aliphatic heterocycles. The highest BCUT2D eigenvalue weighted by Crippen LogP contribution is 2.32. The Morgan fingerprint density at radius 2 is 2.04 bits per heavy atom. The van der Waals surface area contributed by atoms with Crippen LogP contribution in [0.4, 0.5) is 19.6 Å². The van der Waals surface area contributed by atoms with Gasteiger partial charge in [0.15, 0.2) is 5.13 Å². The summed E-state index contributed by atoms with van der Waals surface area (Å²) < 4.78 is 37.6. The second-order valence-electron chi connectivity index (χ2n) is 6.58. The van der Waals surface area contributed by atoms with Gasteiger partial charge in [0.25, 0.3) is 5.91 Å². The number of amides is 1. The lowest BCUT2D eigenvalue weighted by molar-refractivity contribution is -0.196. The largest absolute Gasteiger partial charge is 0.376 e. The predicted octanol–water partition coefficient (Wildman–Crippen LogP) is 2.79. The van der Waals surface area contributed by atoms with Gasteiger partial charge >= 0.3 is 0 Å². The fourth-order valence-corrected chi connectivity index (χ4v) is 3.78. The molecule has 1 aromatic carbocycles. The highest BCUT2D eigenvalue weighted by Gasteiger charge is 2.50. The molecule has 4 rings (SSSR count). The number of nitrogens with one attached hydrogen (secondary N) is 1. The van der Waals surface area contributed by atoms with Crippen molar-refractivity contribution in [3.05, 3.63) is 40.9 Å². The zero-order valence-electron chi connectivity index (χ0n) is 14.0. The van der Waals surface area contributed by atoms with Crippen molar-refractivity contribution in [2.45, 2.75) is 18.6 Å². The molecule has 1 amide bonds. The lowest BCUT2D eigenvalue weighted by Gasteiger charge is -2.53. The van der Waals surface area contributed by atoms with Crippen LogP contribution in [0.25, 0.3) is 0 Å². The average molecular weight is 381 g/mol. The third kappa shape index (κ3) is 3.17. The summed E-state index contributed by atoms with van der Waals surface area (Å²) in [5.41, 5.74) is 0.0985. The van der Waals surface area contributed by atoms with Gasteiger partial charge in [-0.25, -0.2) is 13.8 Å². The first kappa shape index (κ1) is 17.3. The van der Waals surface area contributed by atoms with Crippen LogP contribution < -0.4 is 5.32 Å². The summed E-state index contributed by atoms with van der Waals surface area (Å²) in [6.45, 7) is 3.72. The molecule has 138 valence electrons. The van der Waals surface area contributed by atoms with Gasteiger partial charge in [-0.1, -0.05) is 0 Å². The van der Waals surface area contributed by atoms with Gasteiger partial charge in [0, 0.05) is 23.7 Å². The molecule has 0 radical (unpaired) electrons. The number of rotatable bonds is 3. The first-order valence-corrected chi connectivity index (χ1v) is 9.03. The number of halogens is 2. The summed E-state index contributed by atoms with van der Waals surface area (Å²) in [4.78, 5) is 19.0. The maximum Gasteiger partial charge on any atom is 0.274 e. The third-order valence-corrected chi connectivity index (χ3v) is 5.23. The van der Waals surface area contributed by atoms with Gasteiger partial charge in [-0.2, -0.15) is 0 Å². The van der Waals surface area contributed by atoms with Crippen LogP contribution >= 0.6 is 11.3 Å². The topological polar surface area (TPSA) is 63.7 Å². The van der Waals surface area contributed by atoms with Gasteiger partial charge < -0.3 is 19.7 Å². The molecule has 1 unspecified atom stereocenters. The van der Waals surface area contributed by atoms with Crippen LogP contribution in [0.2, 0.25) is 0 Å². The lowest BCUT2D eigenvalue weighted by atomic mass is 9.93. The quantitative estimate of drug-likeness (QED) is 0.886. The minimum Gasteiger partial charge on any atom is -0.376 e. The number of anilines is 2. The monoisotopic (exact) mass is 381 g/mol. The number of benzene rings is 1. The minimum absolute atomic E-state index is 0.0586. The molecule has 1 aromatic heterocycles. The molecular weight excluding hydrogens is 364 g/mol. The molecule has 2 saturated heterocycles. The Kier molecular flexibility index (Phi) is 4.37. The van der Waals surface area contributed by atoms with Crippen LogP contribution in [0.15, 0.2) is 23.6 Å². The van der Waals surface area contributed by atoms with Gasteiger partial charge in [0.05, 0.1) is 25.9 Å². The molecule has 0 saturated carbocycles. The summed E-state index contributed by atoms with van der Waals surface area (Å²) in [6, 6.07) is 3.12. The first-order chi connectivity index (χ1) is 12.4. The number of hydrogen-bond acceptors (Lipinski definition) is 6. The van der Waals surface area contributed by atoms with E-state index < -0.39 is 17.2 Å². The fraction of sp³-hybridized carbons (Fsp3) is 0.412. The first-order valence-electron chi connectivity index (χ1n) is 8.15.